The summed E-state index contributed by atoms with van der Waals surface area (Å²) in [6.45, 7) is 6.44. The van der Waals surface area contributed by atoms with Crippen LogP contribution in [0.25, 0.3) is 0 Å². The minimum absolute atomic E-state index is 0.0595. The summed E-state index contributed by atoms with van der Waals surface area (Å²) in [5.41, 5.74) is -0.496. The first kappa shape index (κ1) is 18.0. The molecule has 6 nitrogen and oxygen atoms in total. The van der Waals surface area contributed by atoms with E-state index in [1.54, 1.807) is 20.8 Å². The third-order valence-corrected chi connectivity index (χ3v) is 2.76. The van der Waals surface area contributed by atoms with Crippen LogP contribution in [0.2, 0.25) is 0 Å². The van der Waals surface area contributed by atoms with Crippen LogP contribution in [0.5, 0.6) is 0 Å². The van der Waals surface area contributed by atoms with Crippen LogP contribution in [0.3, 0.4) is 0 Å². The van der Waals surface area contributed by atoms with E-state index in [1.807, 2.05) is 0 Å². The average Bonchev–Trinajstić information content (AvgIpc) is 2.26. The third kappa shape index (κ3) is 13.3. The summed E-state index contributed by atoms with van der Waals surface area (Å²) in [5, 5.41) is 13.9. The van der Waals surface area contributed by atoms with Gasteiger partial charge in [-0.15, -0.1) is 0 Å². The molecule has 0 rings (SSSR count). The van der Waals surface area contributed by atoms with Crippen LogP contribution < -0.4 is 10.6 Å². The van der Waals surface area contributed by atoms with E-state index < -0.39 is 11.7 Å². The van der Waals surface area contributed by atoms with E-state index in [2.05, 4.69) is 10.6 Å². The maximum Gasteiger partial charge on any atom is 0.407 e. The predicted octanol–water partition coefficient (Wildman–Crippen LogP) is 0.743. The van der Waals surface area contributed by atoms with Crippen LogP contribution in [0, 0.1) is 0 Å². The summed E-state index contributed by atoms with van der Waals surface area (Å²) >= 11 is 1.43. The summed E-state index contributed by atoms with van der Waals surface area (Å²) in [5.74, 6) is 0.935. The Bertz CT molecular complexity index is 279. The number of amides is 2. The number of hydrogen-bond donors (Lipinski definition) is 3. The van der Waals surface area contributed by atoms with Gasteiger partial charge in [0.25, 0.3) is 0 Å². The third-order valence-electron chi connectivity index (χ3n) is 1.80. The average molecular weight is 292 g/mol. The Morgan fingerprint density at radius 3 is 2.47 bits per heavy atom. The molecule has 0 aromatic rings. The van der Waals surface area contributed by atoms with Crippen LogP contribution in [0.4, 0.5) is 4.79 Å². The zero-order valence-electron chi connectivity index (χ0n) is 11.8. The topological polar surface area (TPSA) is 87.7 Å². The Morgan fingerprint density at radius 1 is 1.21 bits per heavy atom. The second-order valence-electron chi connectivity index (χ2n) is 4.91. The van der Waals surface area contributed by atoms with Gasteiger partial charge in [0.05, 0.1) is 5.75 Å². The van der Waals surface area contributed by atoms with E-state index in [9.17, 15) is 9.59 Å². The van der Waals surface area contributed by atoms with Crippen LogP contribution in [-0.2, 0) is 9.53 Å². The van der Waals surface area contributed by atoms with Crippen molar-refractivity contribution in [3.8, 4) is 0 Å². The lowest BCUT2D eigenvalue weighted by Gasteiger charge is -2.19. The van der Waals surface area contributed by atoms with E-state index in [4.69, 9.17) is 9.84 Å². The van der Waals surface area contributed by atoms with E-state index in [0.717, 1.165) is 0 Å². The first-order chi connectivity index (χ1) is 8.85. The van der Waals surface area contributed by atoms with Crippen molar-refractivity contribution in [3.05, 3.63) is 0 Å². The highest BCUT2D eigenvalue weighted by atomic mass is 32.2. The van der Waals surface area contributed by atoms with Gasteiger partial charge >= 0.3 is 6.09 Å². The predicted molar refractivity (Wildman–Crippen MR) is 76.3 cm³/mol. The van der Waals surface area contributed by atoms with Crippen LogP contribution in [-0.4, -0.2) is 53.9 Å². The fraction of sp³-hybridized carbons (Fsp3) is 0.833. The molecule has 2 amide bonds. The molecule has 7 heteroatoms. The number of alkyl carbamates (subject to hydrolysis) is 1. The van der Waals surface area contributed by atoms with E-state index >= 15 is 0 Å². The normalized spacial score (nSPS) is 10.9. The number of carbonyl (C=O) groups excluding carboxylic acids is 2. The highest BCUT2D eigenvalue weighted by Crippen LogP contribution is 2.06. The van der Waals surface area contributed by atoms with Crippen molar-refractivity contribution in [1.29, 1.82) is 0 Å². The molecule has 0 saturated carbocycles. The number of aliphatic hydroxyl groups excluding tert-OH is 1. The fourth-order valence-corrected chi connectivity index (χ4v) is 1.74. The molecule has 0 aliphatic rings. The fourth-order valence-electron chi connectivity index (χ4n) is 1.06. The van der Waals surface area contributed by atoms with Gasteiger partial charge in [0.2, 0.25) is 5.91 Å². The van der Waals surface area contributed by atoms with Crippen molar-refractivity contribution in [2.75, 3.05) is 31.2 Å². The molecule has 0 aliphatic carbocycles. The molecule has 0 bridgehead atoms. The summed E-state index contributed by atoms with van der Waals surface area (Å²) in [6.07, 6.45) is 0.122. The molecule has 112 valence electrons. The summed E-state index contributed by atoms with van der Waals surface area (Å²) in [7, 11) is 0. The van der Waals surface area contributed by atoms with Crippen LogP contribution >= 0.6 is 11.8 Å². The number of aliphatic hydroxyl groups is 1. The molecule has 0 aromatic carbocycles. The lowest BCUT2D eigenvalue weighted by molar-refractivity contribution is -0.118. The van der Waals surface area contributed by atoms with Gasteiger partial charge in [-0.1, -0.05) is 0 Å². The summed E-state index contributed by atoms with van der Waals surface area (Å²) in [6, 6.07) is 0. The molecule has 0 fully saturated rings. The van der Waals surface area contributed by atoms with Crippen LogP contribution in [0.15, 0.2) is 0 Å². The van der Waals surface area contributed by atoms with E-state index in [0.29, 0.717) is 31.0 Å². The van der Waals surface area contributed by atoms with Crippen molar-refractivity contribution in [2.24, 2.45) is 0 Å². The molecule has 19 heavy (non-hydrogen) atoms. The number of thioether (sulfide) groups is 1. The smallest absolute Gasteiger partial charge is 0.407 e. The van der Waals surface area contributed by atoms with Gasteiger partial charge in [-0.25, -0.2) is 4.79 Å². The zero-order valence-corrected chi connectivity index (χ0v) is 12.6. The summed E-state index contributed by atoms with van der Waals surface area (Å²) < 4.78 is 5.07. The van der Waals surface area contributed by atoms with Gasteiger partial charge in [-0.2, -0.15) is 11.8 Å². The second-order valence-corrected chi connectivity index (χ2v) is 6.01. The standard InChI is InChI=1S/C12H24N2O4S/c1-12(2,3)18-11(17)14-6-8-19-9-10(16)13-5-4-7-15/h15H,4-9H2,1-3H3,(H,13,16)(H,14,17). The van der Waals surface area contributed by atoms with Gasteiger partial charge in [-0.3, -0.25) is 4.79 Å². The highest BCUT2D eigenvalue weighted by molar-refractivity contribution is 7.99. The molecule has 0 spiro atoms. The lowest BCUT2D eigenvalue weighted by atomic mass is 10.2. The molecule has 3 N–H and O–H groups in total. The van der Waals surface area contributed by atoms with E-state index in [1.165, 1.54) is 11.8 Å². The SMILES string of the molecule is CC(C)(C)OC(=O)NCCSCC(=O)NCCCO. The zero-order chi connectivity index (χ0) is 14.7. The maximum atomic E-state index is 11.3. The van der Waals surface area contributed by atoms with Gasteiger partial charge < -0.3 is 20.5 Å². The van der Waals surface area contributed by atoms with Crippen molar-refractivity contribution in [3.63, 3.8) is 0 Å². The maximum absolute atomic E-state index is 11.3. The Kier molecular flexibility index (Phi) is 9.42. The van der Waals surface area contributed by atoms with Gasteiger partial charge in [0, 0.05) is 25.4 Å². The number of hydrogen-bond acceptors (Lipinski definition) is 5. The molecule has 0 saturated heterocycles. The molecular formula is C12H24N2O4S. The minimum atomic E-state index is -0.496. The number of carbonyl (C=O) groups is 2. The molecule has 0 radical (unpaired) electrons. The Hall–Kier alpha value is -0.950. The Balaban J connectivity index is 3.44. The number of ether oxygens (including phenoxy) is 1. The first-order valence-corrected chi connectivity index (χ1v) is 7.43. The second kappa shape index (κ2) is 9.91. The van der Waals surface area contributed by atoms with Gasteiger partial charge in [0.15, 0.2) is 0 Å². The number of rotatable bonds is 8. The quantitative estimate of drug-likeness (QED) is 0.574. The Morgan fingerprint density at radius 2 is 1.89 bits per heavy atom. The lowest BCUT2D eigenvalue weighted by Crippen LogP contribution is -2.34. The minimum Gasteiger partial charge on any atom is -0.444 e. The first-order valence-electron chi connectivity index (χ1n) is 6.27. The number of nitrogens with one attached hydrogen (secondary N) is 2. The van der Waals surface area contributed by atoms with Crippen molar-refractivity contribution >= 4 is 23.8 Å². The monoisotopic (exact) mass is 292 g/mol. The highest BCUT2D eigenvalue weighted by Gasteiger charge is 2.15. The Labute approximate surface area is 118 Å². The molecular weight excluding hydrogens is 268 g/mol. The van der Waals surface area contributed by atoms with Crippen molar-refractivity contribution in [2.45, 2.75) is 32.8 Å². The van der Waals surface area contributed by atoms with Gasteiger partial charge in [-0.05, 0) is 27.2 Å². The van der Waals surface area contributed by atoms with E-state index in [-0.39, 0.29) is 12.5 Å². The molecule has 0 unspecified atom stereocenters. The molecule has 0 aromatic heterocycles. The molecule has 0 aliphatic heterocycles. The van der Waals surface area contributed by atoms with Crippen LogP contribution in [0.1, 0.15) is 27.2 Å². The van der Waals surface area contributed by atoms with Crippen molar-refractivity contribution in [1.82, 2.24) is 10.6 Å². The van der Waals surface area contributed by atoms with Gasteiger partial charge in [0.1, 0.15) is 5.60 Å². The molecule has 0 atom stereocenters. The summed E-state index contributed by atoms with van der Waals surface area (Å²) in [4.78, 5) is 22.6. The van der Waals surface area contributed by atoms with Crippen molar-refractivity contribution < 1.29 is 19.4 Å². The molecule has 0 heterocycles. The largest absolute Gasteiger partial charge is 0.444 e.